The van der Waals surface area contributed by atoms with E-state index in [0.29, 0.717) is 19.3 Å². The van der Waals surface area contributed by atoms with Gasteiger partial charge in [-0.2, -0.15) is 0 Å². The zero-order valence-electron chi connectivity index (χ0n) is 33.8. The summed E-state index contributed by atoms with van der Waals surface area (Å²) in [6.07, 6.45) is -6.05. The monoisotopic (exact) mass is 766 g/mol. The summed E-state index contributed by atoms with van der Waals surface area (Å²) in [5.74, 6) is 0.165. The molecule has 0 amide bonds. The summed E-state index contributed by atoms with van der Waals surface area (Å²) in [5, 5.41) is 88.2. The van der Waals surface area contributed by atoms with E-state index in [-0.39, 0.29) is 39.9 Å². The predicted octanol–water partition coefficient (Wildman–Crippen LogP) is 2.95. The van der Waals surface area contributed by atoms with Crippen LogP contribution in [0.25, 0.3) is 0 Å². The van der Waals surface area contributed by atoms with E-state index in [0.717, 1.165) is 25.7 Å². The molecule has 6 aliphatic rings. The molecule has 12 heteroatoms. The molecule has 0 aromatic carbocycles. The Morgan fingerprint density at radius 3 is 2.09 bits per heavy atom. The third kappa shape index (κ3) is 6.79. The lowest BCUT2D eigenvalue weighted by Gasteiger charge is -2.72. The van der Waals surface area contributed by atoms with Gasteiger partial charge in [0.1, 0.15) is 42.7 Å². The summed E-state index contributed by atoms with van der Waals surface area (Å²) in [7, 11) is 0. The van der Waals surface area contributed by atoms with Crippen LogP contribution in [0, 0.1) is 45.3 Å². The molecular weight excluding hydrogens is 696 g/mol. The van der Waals surface area contributed by atoms with Crippen LogP contribution in [-0.2, 0) is 18.9 Å². The van der Waals surface area contributed by atoms with Gasteiger partial charge in [-0.25, -0.2) is 0 Å². The van der Waals surface area contributed by atoms with E-state index >= 15 is 0 Å². The number of ether oxygens (including phenoxy) is 4. The van der Waals surface area contributed by atoms with Gasteiger partial charge in [0.25, 0.3) is 0 Å². The maximum atomic E-state index is 12.2. The van der Waals surface area contributed by atoms with E-state index in [9.17, 15) is 40.9 Å². The maximum absolute atomic E-state index is 12.2. The first-order chi connectivity index (χ1) is 25.1. The molecule has 0 aromatic rings. The van der Waals surface area contributed by atoms with Crippen molar-refractivity contribution in [2.45, 2.75) is 187 Å². The highest BCUT2D eigenvalue weighted by Crippen LogP contribution is 2.76. The molecule has 0 aromatic heterocycles. The SMILES string of the molecule is CC(C)=CC/C=C(/C)C1CCC2(C)C1C(O)CC1C3(C)CCC(O)C(C)(C)C3C(OC3OC(CO)C(O)C(O)C3OC3OC(C)C(O)C(O)C3O)CC12C. The third-order valence-electron chi connectivity index (χ3n) is 16.0. The molecule has 54 heavy (non-hydrogen) atoms. The average Bonchev–Trinajstić information content (AvgIpc) is 3.48. The van der Waals surface area contributed by atoms with E-state index in [1.807, 2.05) is 0 Å². The highest BCUT2D eigenvalue weighted by molar-refractivity contribution is 5.24. The van der Waals surface area contributed by atoms with E-state index in [4.69, 9.17) is 18.9 Å². The molecule has 0 spiro atoms. The second kappa shape index (κ2) is 15.3. The summed E-state index contributed by atoms with van der Waals surface area (Å²) >= 11 is 0. The van der Waals surface area contributed by atoms with Gasteiger partial charge in [0, 0.05) is 0 Å². The van der Waals surface area contributed by atoms with Gasteiger partial charge in [0.2, 0.25) is 0 Å². The van der Waals surface area contributed by atoms with Crippen molar-refractivity contribution < 1.29 is 59.8 Å². The highest BCUT2D eigenvalue weighted by atomic mass is 16.8. The van der Waals surface area contributed by atoms with Gasteiger partial charge in [-0.05, 0) is 118 Å². The van der Waals surface area contributed by atoms with E-state index in [1.54, 1.807) is 0 Å². The molecule has 20 atom stereocenters. The van der Waals surface area contributed by atoms with Crippen molar-refractivity contribution >= 4 is 0 Å². The standard InChI is InChI=1S/C42H70O12/c1-20(2)11-10-12-21(3)23-13-16-41(8)29(23)24(44)17-27-40(7)15-14-28(45)39(5,6)36(40)25(18-42(27,41)9)52-38-35(33(49)31(47)26(19-43)53-38)54-37-34(50)32(48)30(46)22(4)51-37/h11-12,22-38,43-50H,10,13-19H2,1-9H3/b21-12-. The zero-order valence-corrected chi connectivity index (χ0v) is 33.8. The van der Waals surface area contributed by atoms with Crippen molar-refractivity contribution in [1.29, 1.82) is 0 Å². The van der Waals surface area contributed by atoms with Crippen LogP contribution in [-0.4, -0.2) is 127 Å². The lowest BCUT2D eigenvalue weighted by Crippen LogP contribution is -2.71. The molecule has 8 N–H and O–H groups in total. The van der Waals surface area contributed by atoms with Crippen LogP contribution < -0.4 is 0 Å². The maximum Gasteiger partial charge on any atom is 0.187 e. The minimum absolute atomic E-state index is 0.0381. The van der Waals surface area contributed by atoms with E-state index in [2.05, 4.69) is 67.5 Å². The van der Waals surface area contributed by atoms with Crippen molar-refractivity contribution in [3.8, 4) is 0 Å². The number of fused-ring (bicyclic) bond motifs is 5. The quantitative estimate of drug-likeness (QED) is 0.133. The average molecular weight is 767 g/mol. The number of hydrogen-bond donors (Lipinski definition) is 8. The van der Waals surface area contributed by atoms with Crippen LogP contribution in [0.2, 0.25) is 0 Å². The Balaban J connectivity index is 1.39. The van der Waals surface area contributed by atoms with E-state index < -0.39 is 91.7 Å². The fourth-order valence-corrected chi connectivity index (χ4v) is 12.9. The van der Waals surface area contributed by atoms with E-state index in [1.165, 1.54) is 18.1 Å². The van der Waals surface area contributed by atoms with Gasteiger partial charge in [0.05, 0.1) is 31.0 Å². The molecule has 310 valence electrons. The number of aliphatic hydroxyl groups excluding tert-OH is 8. The van der Waals surface area contributed by atoms with Gasteiger partial charge in [-0.15, -0.1) is 0 Å². The first-order valence-electron chi connectivity index (χ1n) is 20.4. The Morgan fingerprint density at radius 1 is 0.759 bits per heavy atom. The number of hydrogen-bond acceptors (Lipinski definition) is 12. The number of aliphatic hydroxyl groups is 8. The Bertz CT molecular complexity index is 1400. The molecule has 2 saturated heterocycles. The predicted molar refractivity (Wildman–Crippen MR) is 199 cm³/mol. The van der Waals surface area contributed by atoms with Crippen molar-refractivity contribution in [3.05, 3.63) is 23.3 Å². The van der Waals surface area contributed by atoms with Crippen LogP contribution in [0.5, 0.6) is 0 Å². The van der Waals surface area contributed by atoms with Crippen LogP contribution in [0.15, 0.2) is 23.3 Å². The molecule has 0 radical (unpaired) electrons. The zero-order chi connectivity index (χ0) is 39.9. The lowest BCUT2D eigenvalue weighted by atomic mass is 9.34. The lowest BCUT2D eigenvalue weighted by molar-refractivity contribution is -0.381. The van der Waals surface area contributed by atoms with Crippen LogP contribution in [0.3, 0.4) is 0 Å². The first kappa shape index (κ1) is 42.6. The molecule has 4 saturated carbocycles. The first-order valence-corrected chi connectivity index (χ1v) is 20.4. The summed E-state index contributed by atoms with van der Waals surface area (Å²) in [5.41, 5.74) is 1.01. The number of allylic oxidation sites excluding steroid dienone is 4. The molecule has 6 fully saturated rings. The molecule has 12 nitrogen and oxygen atoms in total. The smallest absolute Gasteiger partial charge is 0.187 e. The Labute approximate surface area is 321 Å². The highest BCUT2D eigenvalue weighted by Gasteiger charge is 2.73. The van der Waals surface area contributed by atoms with Crippen LogP contribution in [0.4, 0.5) is 0 Å². The normalized spacial score (nSPS) is 53.3. The summed E-state index contributed by atoms with van der Waals surface area (Å²) in [6, 6.07) is 0. The minimum Gasteiger partial charge on any atom is -0.394 e. The van der Waals surface area contributed by atoms with Gasteiger partial charge in [-0.1, -0.05) is 57.9 Å². The van der Waals surface area contributed by atoms with Gasteiger partial charge < -0.3 is 59.8 Å². The van der Waals surface area contributed by atoms with Crippen molar-refractivity contribution in [2.75, 3.05) is 6.61 Å². The molecule has 6 rings (SSSR count). The fourth-order valence-electron chi connectivity index (χ4n) is 12.9. The summed E-state index contributed by atoms with van der Waals surface area (Å²) < 4.78 is 25.2. The molecule has 4 aliphatic carbocycles. The largest absolute Gasteiger partial charge is 0.394 e. The Hall–Kier alpha value is -1.00. The summed E-state index contributed by atoms with van der Waals surface area (Å²) in [4.78, 5) is 0. The molecular formula is C42H70O12. The second-order valence-corrected chi connectivity index (χ2v) is 19.6. The summed E-state index contributed by atoms with van der Waals surface area (Å²) in [6.45, 7) is 18.5. The van der Waals surface area contributed by atoms with Crippen LogP contribution >= 0.6 is 0 Å². The van der Waals surface area contributed by atoms with Gasteiger partial charge in [0.15, 0.2) is 12.6 Å². The molecule has 2 heterocycles. The second-order valence-electron chi connectivity index (χ2n) is 19.6. The third-order valence-corrected chi connectivity index (χ3v) is 16.0. The Kier molecular flexibility index (Phi) is 12.1. The van der Waals surface area contributed by atoms with Gasteiger partial charge in [-0.3, -0.25) is 0 Å². The fraction of sp³-hybridized carbons (Fsp3) is 0.905. The molecule has 20 unspecified atom stereocenters. The molecule has 0 bridgehead atoms. The van der Waals surface area contributed by atoms with Crippen molar-refractivity contribution in [3.63, 3.8) is 0 Å². The van der Waals surface area contributed by atoms with Gasteiger partial charge >= 0.3 is 0 Å². The molecule has 2 aliphatic heterocycles. The van der Waals surface area contributed by atoms with Crippen molar-refractivity contribution in [2.24, 2.45) is 45.3 Å². The minimum atomic E-state index is -1.68. The topological polar surface area (TPSA) is 199 Å². The number of rotatable bonds is 8. The van der Waals surface area contributed by atoms with Crippen LogP contribution in [0.1, 0.15) is 107 Å². The van der Waals surface area contributed by atoms with Crippen molar-refractivity contribution in [1.82, 2.24) is 0 Å². The Morgan fingerprint density at radius 2 is 1.44 bits per heavy atom.